The Morgan fingerprint density at radius 1 is 1.25 bits per heavy atom. The van der Waals surface area contributed by atoms with Crippen molar-refractivity contribution >= 4 is 15.9 Å². The van der Waals surface area contributed by atoms with Crippen molar-refractivity contribution in [1.29, 1.82) is 0 Å². The molecule has 0 aromatic heterocycles. The molecule has 0 amide bonds. The number of epoxide rings is 1. The van der Waals surface area contributed by atoms with Crippen LogP contribution in [-0.4, -0.2) is 11.7 Å². The van der Waals surface area contributed by atoms with Crippen LogP contribution in [0.2, 0.25) is 0 Å². The summed E-state index contributed by atoms with van der Waals surface area (Å²) in [6.45, 7) is 3.89. The van der Waals surface area contributed by atoms with E-state index in [1.165, 1.54) is 38.5 Å². The summed E-state index contributed by atoms with van der Waals surface area (Å²) in [5.41, 5.74) is 0.205. The van der Waals surface area contributed by atoms with Gasteiger partial charge in [-0.3, -0.25) is 0 Å². The maximum Gasteiger partial charge on any atom is 0.118 e. The molecule has 1 atom stereocenters. The molecule has 1 nitrogen and oxygen atoms in total. The highest BCUT2D eigenvalue weighted by atomic mass is 79.9. The Morgan fingerprint density at radius 2 is 1.83 bits per heavy atom. The van der Waals surface area contributed by atoms with Gasteiger partial charge in [0.25, 0.3) is 0 Å². The molecule has 1 saturated carbocycles. The molecule has 0 aromatic carbocycles. The Kier molecular flexibility index (Phi) is 2.30. The fourth-order valence-electron chi connectivity index (χ4n) is 2.26. The van der Waals surface area contributed by atoms with Gasteiger partial charge in [0.1, 0.15) is 6.10 Å². The molecule has 2 fully saturated rings. The van der Waals surface area contributed by atoms with Crippen LogP contribution in [0.15, 0.2) is 11.1 Å². The van der Waals surface area contributed by atoms with E-state index in [9.17, 15) is 0 Å². The SMILES string of the molecule is C=C(Br)C1OC12CCCCCC2. The summed E-state index contributed by atoms with van der Waals surface area (Å²) in [6, 6.07) is 0. The largest absolute Gasteiger partial charge is 0.360 e. The molecule has 1 spiro atoms. The molecule has 1 saturated heterocycles. The zero-order valence-electron chi connectivity index (χ0n) is 7.31. The Balaban J connectivity index is 1.98. The second kappa shape index (κ2) is 3.15. The molecule has 12 heavy (non-hydrogen) atoms. The van der Waals surface area contributed by atoms with Crippen LogP contribution in [0, 0.1) is 0 Å². The van der Waals surface area contributed by atoms with Crippen LogP contribution < -0.4 is 0 Å². The van der Waals surface area contributed by atoms with Gasteiger partial charge in [-0.2, -0.15) is 0 Å². The topological polar surface area (TPSA) is 12.5 Å². The molecule has 68 valence electrons. The number of hydrogen-bond donors (Lipinski definition) is 0. The first-order valence-electron chi connectivity index (χ1n) is 4.77. The molecule has 0 bridgehead atoms. The summed E-state index contributed by atoms with van der Waals surface area (Å²) < 4.78 is 6.77. The van der Waals surface area contributed by atoms with E-state index in [2.05, 4.69) is 22.5 Å². The van der Waals surface area contributed by atoms with Gasteiger partial charge >= 0.3 is 0 Å². The van der Waals surface area contributed by atoms with Gasteiger partial charge in [0, 0.05) is 4.48 Å². The average molecular weight is 231 g/mol. The molecule has 1 aliphatic carbocycles. The van der Waals surface area contributed by atoms with Crippen LogP contribution in [-0.2, 0) is 4.74 Å². The van der Waals surface area contributed by atoms with Crippen molar-refractivity contribution in [1.82, 2.24) is 0 Å². The van der Waals surface area contributed by atoms with Gasteiger partial charge in [0.05, 0.1) is 5.60 Å². The number of halogens is 1. The first-order valence-corrected chi connectivity index (χ1v) is 5.56. The third-order valence-electron chi connectivity index (χ3n) is 3.01. The third-order valence-corrected chi connectivity index (χ3v) is 3.42. The molecule has 1 aliphatic heterocycles. The lowest BCUT2D eigenvalue weighted by Crippen LogP contribution is -2.13. The number of rotatable bonds is 1. The van der Waals surface area contributed by atoms with Crippen LogP contribution in [0.1, 0.15) is 38.5 Å². The lowest BCUT2D eigenvalue weighted by molar-refractivity contribution is 0.273. The summed E-state index contributed by atoms with van der Waals surface area (Å²) in [7, 11) is 0. The van der Waals surface area contributed by atoms with E-state index in [-0.39, 0.29) is 5.60 Å². The van der Waals surface area contributed by atoms with Gasteiger partial charge < -0.3 is 4.74 Å². The number of ether oxygens (including phenoxy) is 1. The highest BCUT2D eigenvalue weighted by molar-refractivity contribution is 9.11. The van der Waals surface area contributed by atoms with Crippen molar-refractivity contribution in [3.8, 4) is 0 Å². The van der Waals surface area contributed by atoms with E-state index < -0.39 is 0 Å². The first kappa shape index (κ1) is 8.76. The van der Waals surface area contributed by atoms with Crippen molar-refractivity contribution in [3.63, 3.8) is 0 Å². The van der Waals surface area contributed by atoms with E-state index in [4.69, 9.17) is 4.74 Å². The Hall–Kier alpha value is 0.180. The normalized spacial score (nSPS) is 32.9. The van der Waals surface area contributed by atoms with Gasteiger partial charge in [-0.15, -0.1) is 0 Å². The lowest BCUT2D eigenvalue weighted by Gasteiger charge is -2.06. The van der Waals surface area contributed by atoms with Gasteiger partial charge in [-0.05, 0) is 12.8 Å². The lowest BCUT2D eigenvalue weighted by atomic mass is 9.96. The predicted octanol–water partition coefficient (Wildman–Crippen LogP) is 3.39. The molecule has 2 aliphatic rings. The molecule has 0 N–H and O–H groups in total. The third kappa shape index (κ3) is 1.47. The summed E-state index contributed by atoms with van der Waals surface area (Å²) >= 11 is 3.42. The summed E-state index contributed by atoms with van der Waals surface area (Å²) in [4.78, 5) is 0. The second-order valence-electron chi connectivity index (χ2n) is 3.92. The molecule has 0 radical (unpaired) electrons. The summed E-state index contributed by atoms with van der Waals surface area (Å²) in [5, 5.41) is 0. The van der Waals surface area contributed by atoms with Crippen LogP contribution in [0.4, 0.5) is 0 Å². The van der Waals surface area contributed by atoms with Crippen molar-refractivity contribution in [2.75, 3.05) is 0 Å². The zero-order chi connectivity index (χ0) is 8.60. The van der Waals surface area contributed by atoms with Crippen molar-refractivity contribution in [3.05, 3.63) is 11.1 Å². The molecule has 1 heterocycles. The summed E-state index contributed by atoms with van der Waals surface area (Å²) in [6.07, 6.45) is 8.22. The Bertz CT molecular complexity index is 192. The average Bonchev–Trinajstić information content (AvgIpc) is 2.77. The number of hydrogen-bond acceptors (Lipinski definition) is 1. The minimum atomic E-state index is 0.205. The highest BCUT2D eigenvalue weighted by Gasteiger charge is 2.56. The van der Waals surface area contributed by atoms with Gasteiger partial charge in [0.15, 0.2) is 0 Å². The monoisotopic (exact) mass is 230 g/mol. The van der Waals surface area contributed by atoms with Crippen LogP contribution in [0.25, 0.3) is 0 Å². The van der Waals surface area contributed by atoms with Gasteiger partial charge in [-0.1, -0.05) is 48.2 Å². The Morgan fingerprint density at radius 3 is 2.25 bits per heavy atom. The second-order valence-corrected chi connectivity index (χ2v) is 4.94. The van der Waals surface area contributed by atoms with Crippen LogP contribution in [0.3, 0.4) is 0 Å². The van der Waals surface area contributed by atoms with Crippen LogP contribution >= 0.6 is 15.9 Å². The minimum absolute atomic E-state index is 0.205. The molecular formula is C10H15BrO. The molecule has 0 aromatic rings. The smallest absolute Gasteiger partial charge is 0.118 e. The zero-order valence-corrected chi connectivity index (χ0v) is 8.90. The quantitative estimate of drug-likeness (QED) is 0.630. The highest BCUT2D eigenvalue weighted by Crippen LogP contribution is 2.51. The van der Waals surface area contributed by atoms with Crippen molar-refractivity contribution in [2.24, 2.45) is 0 Å². The molecule has 2 rings (SSSR count). The molecule has 2 heteroatoms. The molecular weight excluding hydrogens is 216 g/mol. The van der Waals surface area contributed by atoms with Gasteiger partial charge in [-0.25, -0.2) is 0 Å². The fraction of sp³-hybridized carbons (Fsp3) is 0.800. The van der Waals surface area contributed by atoms with Gasteiger partial charge in [0.2, 0.25) is 0 Å². The standard InChI is InChI=1S/C10H15BrO/c1-8(11)9-10(12-9)6-4-2-3-5-7-10/h9H,1-7H2. The first-order chi connectivity index (χ1) is 5.75. The maximum atomic E-state index is 5.74. The van der Waals surface area contributed by atoms with Crippen molar-refractivity contribution in [2.45, 2.75) is 50.2 Å². The minimum Gasteiger partial charge on any atom is -0.360 e. The fourth-order valence-corrected chi connectivity index (χ4v) is 2.77. The predicted molar refractivity (Wildman–Crippen MR) is 53.4 cm³/mol. The van der Waals surface area contributed by atoms with E-state index in [0.29, 0.717) is 6.10 Å². The van der Waals surface area contributed by atoms with E-state index in [1.807, 2.05) is 0 Å². The maximum absolute atomic E-state index is 5.74. The molecule has 1 unspecified atom stereocenters. The van der Waals surface area contributed by atoms with Crippen molar-refractivity contribution < 1.29 is 4.74 Å². The van der Waals surface area contributed by atoms with E-state index in [0.717, 1.165) is 4.48 Å². The van der Waals surface area contributed by atoms with Crippen LogP contribution in [0.5, 0.6) is 0 Å². The summed E-state index contributed by atoms with van der Waals surface area (Å²) in [5.74, 6) is 0. The van der Waals surface area contributed by atoms with E-state index in [1.54, 1.807) is 0 Å². The van der Waals surface area contributed by atoms with E-state index >= 15 is 0 Å². The Labute approximate surface area is 82.3 Å².